The van der Waals surface area contributed by atoms with Crippen molar-refractivity contribution in [1.29, 1.82) is 0 Å². The first kappa shape index (κ1) is 12.5. The van der Waals surface area contributed by atoms with Crippen LogP contribution in [0.5, 0.6) is 0 Å². The predicted molar refractivity (Wildman–Crippen MR) is 66.1 cm³/mol. The highest BCUT2D eigenvalue weighted by molar-refractivity contribution is 7.91. The van der Waals surface area contributed by atoms with Crippen LogP contribution < -0.4 is 5.73 Å². The molecular weight excluding hydrogens is 238 g/mol. The minimum absolute atomic E-state index is 0.0677. The van der Waals surface area contributed by atoms with Crippen LogP contribution in [0.25, 0.3) is 0 Å². The lowest BCUT2D eigenvalue weighted by atomic mass is 10.2. The summed E-state index contributed by atoms with van der Waals surface area (Å²) in [5.74, 6) is 0.406. The molecule has 6 heteroatoms. The number of rotatable bonds is 3. The number of pyridine rings is 1. The van der Waals surface area contributed by atoms with Crippen molar-refractivity contribution in [3.63, 3.8) is 0 Å². The van der Waals surface area contributed by atoms with Gasteiger partial charge in [0.15, 0.2) is 9.84 Å². The van der Waals surface area contributed by atoms with Gasteiger partial charge < -0.3 is 5.73 Å². The summed E-state index contributed by atoms with van der Waals surface area (Å²) >= 11 is 0. The molecule has 0 amide bonds. The van der Waals surface area contributed by atoms with Gasteiger partial charge in [-0.25, -0.2) is 8.42 Å². The number of hydrogen-bond donors (Lipinski definition) is 1. The zero-order valence-corrected chi connectivity index (χ0v) is 10.4. The molecule has 1 aromatic rings. The van der Waals surface area contributed by atoms with Crippen LogP contribution >= 0.6 is 0 Å². The quantitative estimate of drug-likeness (QED) is 0.798. The molecule has 1 unspecified atom stereocenters. The summed E-state index contributed by atoms with van der Waals surface area (Å²) in [6.07, 6.45) is 3.49. The second-order valence-corrected chi connectivity index (χ2v) is 6.56. The molecule has 0 aliphatic carbocycles. The standard InChI is InChI=1S/C11H17N3O2S/c12-7-11-9-17(15,16)6-5-14(11)8-10-1-3-13-4-2-10/h1-4,11H,5-9,12H2. The average Bonchev–Trinajstić information content (AvgIpc) is 2.32. The first-order valence-corrected chi connectivity index (χ1v) is 7.46. The molecule has 1 aliphatic heterocycles. The zero-order chi connectivity index (χ0) is 12.3. The third-order valence-corrected chi connectivity index (χ3v) is 4.76. The Morgan fingerprint density at radius 1 is 1.41 bits per heavy atom. The Morgan fingerprint density at radius 2 is 2.12 bits per heavy atom. The Morgan fingerprint density at radius 3 is 2.76 bits per heavy atom. The van der Waals surface area contributed by atoms with Crippen molar-refractivity contribution in [3.8, 4) is 0 Å². The third-order valence-electron chi connectivity index (χ3n) is 3.06. The van der Waals surface area contributed by atoms with Crippen LogP contribution in [0.2, 0.25) is 0 Å². The molecule has 0 aromatic carbocycles. The van der Waals surface area contributed by atoms with Crippen LogP contribution in [0.15, 0.2) is 24.5 Å². The maximum Gasteiger partial charge on any atom is 0.153 e. The molecule has 94 valence electrons. The molecule has 1 fully saturated rings. The Bertz CT molecular complexity index is 461. The molecule has 2 rings (SSSR count). The molecule has 2 heterocycles. The normalized spacial score (nSPS) is 24.6. The van der Waals surface area contributed by atoms with Gasteiger partial charge in [-0.15, -0.1) is 0 Å². The second-order valence-electron chi connectivity index (χ2n) is 4.33. The van der Waals surface area contributed by atoms with Crippen molar-refractivity contribution in [2.24, 2.45) is 5.73 Å². The fourth-order valence-corrected chi connectivity index (χ4v) is 3.68. The second kappa shape index (κ2) is 5.12. The summed E-state index contributed by atoms with van der Waals surface area (Å²) in [6.45, 7) is 1.68. The van der Waals surface area contributed by atoms with E-state index < -0.39 is 9.84 Å². The van der Waals surface area contributed by atoms with Gasteiger partial charge in [-0.3, -0.25) is 9.88 Å². The van der Waals surface area contributed by atoms with Crippen LogP contribution in [-0.2, 0) is 16.4 Å². The summed E-state index contributed by atoms with van der Waals surface area (Å²) in [5.41, 5.74) is 6.79. The van der Waals surface area contributed by atoms with Gasteiger partial charge in [0, 0.05) is 38.1 Å². The molecule has 1 aliphatic rings. The molecule has 2 N–H and O–H groups in total. The monoisotopic (exact) mass is 255 g/mol. The SMILES string of the molecule is NCC1CS(=O)(=O)CCN1Cc1ccncc1. The van der Waals surface area contributed by atoms with Gasteiger partial charge in [0.2, 0.25) is 0 Å². The molecule has 0 bridgehead atoms. The molecule has 1 atom stereocenters. The van der Waals surface area contributed by atoms with E-state index in [0.29, 0.717) is 13.1 Å². The fourth-order valence-electron chi connectivity index (χ4n) is 2.07. The summed E-state index contributed by atoms with van der Waals surface area (Å²) in [5, 5.41) is 0. The van der Waals surface area contributed by atoms with Crippen LogP contribution in [0, 0.1) is 0 Å². The fraction of sp³-hybridized carbons (Fsp3) is 0.545. The van der Waals surface area contributed by atoms with E-state index in [4.69, 9.17) is 5.73 Å². The molecule has 0 spiro atoms. The average molecular weight is 255 g/mol. The Hall–Kier alpha value is -0.980. The molecule has 1 saturated heterocycles. The van der Waals surface area contributed by atoms with E-state index in [0.717, 1.165) is 12.1 Å². The van der Waals surface area contributed by atoms with Crippen LogP contribution in [0.1, 0.15) is 5.56 Å². The zero-order valence-electron chi connectivity index (χ0n) is 9.62. The maximum atomic E-state index is 11.5. The number of nitrogens with two attached hydrogens (primary N) is 1. The molecule has 0 saturated carbocycles. The minimum Gasteiger partial charge on any atom is -0.329 e. The lowest BCUT2D eigenvalue weighted by Gasteiger charge is -2.34. The van der Waals surface area contributed by atoms with Gasteiger partial charge in [0.25, 0.3) is 0 Å². The first-order valence-electron chi connectivity index (χ1n) is 5.64. The van der Waals surface area contributed by atoms with E-state index >= 15 is 0 Å². The third kappa shape index (κ3) is 3.24. The lowest BCUT2D eigenvalue weighted by molar-refractivity contribution is 0.209. The van der Waals surface area contributed by atoms with E-state index in [9.17, 15) is 8.42 Å². The van der Waals surface area contributed by atoms with Crippen molar-refractivity contribution < 1.29 is 8.42 Å². The Labute approximate surface area is 102 Å². The van der Waals surface area contributed by atoms with Gasteiger partial charge in [-0.05, 0) is 17.7 Å². The summed E-state index contributed by atoms with van der Waals surface area (Å²) in [6, 6.07) is 3.81. The summed E-state index contributed by atoms with van der Waals surface area (Å²) in [7, 11) is -2.90. The van der Waals surface area contributed by atoms with Crippen molar-refractivity contribution in [2.75, 3.05) is 24.6 Å². The van der Waals surface area contributed by atoms with E-state index in [1.807, 2.05) is 12.1 Å². The molecule has 17 heavy (non-hydrogen) atoms. The van der Waals surface area contributed by atoms with E-state index in [1.54, 1.807) is 12.4 Å². The highest BCUT2D eigenvalue weighted by atomic mass is 32.2. The van der Waals surface area contributed by atoms with Gasteiger partial charge >= 0.3 is 0 Å². The lowest BCUT2D eigenvalue weighted by Crippen LogP contribution is -2.51. The van der Waals surface area contributed by atoms with Gasteiger partial charge in [0.1, 0.15) is 0 Å². The van der Waals surface area contributed by atoms with Crippen molar-refractivity contribution in [2.45, 2.75) is 12.6 Å². The summed E-state index contributed by atoms with van der Waals surface area (Å²) in [4.78, 5) is 6.10. The molecular formula is C11H17N3O2S. The molecule has 5 nitrogen and oxygen atoms in total. The topological polar surface area (TPSA) is 76.3 Å². The number of hydrogen-bond acceptors (Lipinski definition) is 5. The predicted octanol–water partition coefficient (Wildman–Crippen LogP) is -0.361. The van der Waals surface area contributed by atoms with Gasteiger partial charge in [-0.2, -0.15) is 0 Å². The maximum absolute atomic E-state index is 11.5. The van der Waals surface area contributed by atoms with Crippen LogP contribution in [0.3, 0.4) is 0 Å². The largest absolute Gasteiger partial charge is 0.329 e. The van der Waals surface area contributed by atoms with Crippen molar-refractivity contribution >= 4 is 9.84 Å². The van der Waals surface area contributed by atoms with Crippen molar-refractivity contribution in [1.82, 2.24) is 9.88 Å². The van der Waals surface area contributed by atoms with Crippen molar-refractivity contribution in [3.05, 3.63) is 30.1 Å². The first-order chi connectivity index (χ1) is 8.11. The van der Waals surface area contributed by atoms with Gasteiger partial charge in [0.05, 0.1) is 11.5 Å². The number of sulfone groups is 1. The van der Waals surface area contributed by atoms with Crippen LogP contribution in [0.4, 0.5) is 0 Å². The Kier molecular flexibility index (Phi) is 3.76. The molecule has 1 aromatic heterocycles. The van der Waals surface area contributed by atoms with E-state index in [2.05, 4.69) is 9.88 Å². The van der Waals surface area contributed by atoms with E-state index in [1.165, 1.54) is 0 Å². The number of aromatic nitrogens is 1. The Balaban J connectivity index is 2.06. The number of nitrogens with zero attached hydrogens (tertiary/aromatic N) is 2. The smallest absolute Gasteiger partial charge is 0.153 e. The molecule has 0 radical (unpaired) electrons. The van der Waals surface area contributed by atoms with Gasteiger partial charge in [-0.1, -0.05) is 0 Å². The van der Waals surface area contributed by atoms with E-state index in [-0.39, 0.29) is 17.5 Å². The minimum atomic E-state index is -2.90. The summed E-state index contributed by atoms with van der Waals surface area (Å²) < 4.78 is 23.1. The van der Waals surface area contributed by atoms with Crippen LogP contribution in [-0.4, -0.2) is 48.9 Å². The highest BCUT2D eigenvalue weighted by Crippen LogP contribution is 2.14. The highest BCUT2D eigenvalue weighted by Gasteiger charge is 2.29.